The number of hydrogen-bond acceptors (Lipinski definition) is 0. The molecule has 0 aromatic heterocycles. The van der Waals surface area contributed by atoms with E-state index < -0.39 is 0 Å². The molecule has 0 spiro atoms. The van der Waals surface area contributed by atoms with E-state index >= 15 is 0 Å². The first-order valence-electron chi connectivity index (χ1n) is 12.7. The number of terminal acetylenes is 1. The topological polar surface area (TPSA) is 0 Å². The molecular formula is C32H42. The van der Waals surface area contributed by atoms with Crippen LogP contribution in [0.25, 0.3) is 0 Å². The van der Waals surface area contributed by atoms with E-state index in [1.165, 1.54) is 60.8 Å². The minimum atomic E-state index is 0.502. The zero-order valence-electron chi connectivity index (χ0n) is 20.8. The molecule has 32 heavy (non-hydrogen) atoms. The van der Waals surface area contributed by atoms with Crippen molar-refractivity contribution in [2.24, 2.45) is 11.8 Å². The highest BCUT2D eigenvalue weighted by Crippen LogP contribution is 2.42. The van der Waals surface area contributed by atoms with Crippen molar-refractivity contribution < 1.29 is 0 Å². The van der Waals surface area contributed by atoms with Crippen molar-refractivity contribution in [1.82, 2.24) is 0 Å². The Kier molecular flexibility index (Phi) is 8.81. The van der Waals surface area contributed by atoms with Crippen LogP contribution < -0.4 is 0 Å². The lowest BCUT2D eigenvalue weighted by Gasteiger charge is -2.33. The fourth-order valence-corrected chi connectivity index (χ4v) is 5.64. The van der Waals surface area contributed by atoms with Gasteiger partial charge < -0.3 is 0 Å². The van der Waals surface area contributed by atoms with E-state index in [4.69, 9.17) is 6.42 Å². The van der Waals surface area contributed by atoms with Gasteiger partial charge in [-0.15, -0.1) is 13.0 Å². The van der Waals surface area contributed by atoms with Gasteiger partial charge in [-0.25, -0.2) is 0 Å². The Morgan fingerprint density at radius 2 is 1.72 bits per heavy atom. The maximum absolute atomic E-state index is 5.58. The zero-order valence-corrected chi connectivity index (χ0v) is 20.8. The van der Waals surface area contributed by atoms with E-state index in [1.807, 2.05) is 0 Å². The Morgan fingerprint density at radius 1 is 1.03 bits per heavy atom. The summed E-state index contributed by atoms with van der Waals surface area (Å²) in [4.78, 5) is 0. The molecule has 1 aliphatic carbocycles. The maximum atomic E-state index is 5.58. The SMILES string of the molecule is C#Cc1ccc(Cc2cc(C(C)CC(=C)C)ccc2C(CC(C)C)C2CCCCC2)cc1. The summed E-state index contributed by atoms with van der Waals surface area (Å²) in [6, 6.07) is 16.0. The molecular weight excluding hydrogens is 384 g/mol. The third kappa shape index (κ3) is 6.62. The van der Waals surface area contributed by atoms with Crippen LogP contribution in [0.15, 0.2) is 54.6 Å². The predicted octanol–water partition coefficient (Wildman–Crippen LogP) is 9.04. The summed E-state index contributed by atoms with van der Waals surface area (Å²) in [5, 5.41) is 0. The second-order valence-corrected chi connectivity index (χ2v) is 10.7. The van der Waals surface area contributed by atoms with Crippen molar-refractivity contribution in [1.29, 1.82) is 0 Å². The lowest BCUT2D eigenvalue weighted by molar-refractivity contribution is 0.276. The minimum Gasteiger partial charge on any atom is -0.115 e. The molecule has 0 aliphatic heterocycles. The van der Waals surface area contributed by atoms with Crippen LogP contribution in [0.1, 0.15) is 112 Å². The van der Waals surface area contributed by atoms with Gasteiger partial charge in [0, 0.05) is 5.56 Å². The van der Waals surface area contributed by atoms with Crippen LogP contribution in [-0.4, -0.2) is 0 Å². The van der Waals surface area contributed by atoms with Crippen molar-refractivity contribution in [3.63, 3.8) is 0 Å². The van der Waals surface area contributed by atoms with Crippen LogP contribution >= 0.6 is 0 Å². The van der Waals surface area contributed by atoms with Gasteiger partial charge in [-0.2, -0.15) is 0 Å². The van der Waals surface area contributed by atoms with Crippen LogP contribution in [0.2, 0.25) is 0 Å². The maximum Gasteiger partial charge on any atom is 0.0242 e. The molecule has 0 radical (unpaired) electrons. The van der Waals surface area contributed by atoms with Gasteiger partial charge in [0.05, 0.1) is 0 Å². The molecule has 1 aliphatic rings. The van der Waals surface area contributed by atoms with Gasteiger partial charge in [-0.05, 0) is 97.1 Å². The molecule has 170 valence electrons. The summed E-state index contributed by atoms with van der Waals surface area (Å²) in [5.74, 6) is 5.46. The number of hydrogen-bond donors (Lipinski definition) is 0. The molecule has 0 heteroatoms. The third-order valence-electron chi connectivity index (χ3n) is 7.25. The van der Waals surface area contributed by atoms with Crippen molar-refractivity contribution >= 4 is 0 Å². The molecule has 0 amide bonds. The largest absolute Gasteiger partial charge is 0.115 e. The third-order valence-corrected chi connectivity index (χ3v) is 7.25. The molecule has 0 N–H and O–H groups in total. The lowest BCUT2D eigenvalue weighted by Crippen LogP contribution is -2.20. The van der Waals surface area contributed by atoms with E-state index in [9.17, 15) is 0 Å². The Balaban J connectivity index is 2.00. The lowest BCUT2D eigenvalue weighted by atomic mass is 9.71. The first kappa shape index (κ1) is 24.4. The summed E-state index contributed by atoms with van der Waals surface area (Å²) in [5.41, 5.74) is 8.12. The van der Waals surface area contributed by atoms with Crippen molar-refractivity contribution in [2.45, 2.75) is 90.9 Å². The fraction of sp³-hybridized carbons (Fsp3) is 0.500. The van der Waals surface area contributed by atoms with Gasteiger partial charge in [-0.3, -0.25) is 0 Å². The Bertz CT molecular complexity index is 916. The summed E-state index contributed by atoms with van der Waals surface area (Å²) in [6.07, 6.45) is 15.9. The zero-order chi connectivity index (χ0) is 23.1. The molecule has 0 heterocycles. The highest BCUT2D eigenvalue weighted by atomic mass is 14.3. The van der Waals surface area contributed by atoms with E-state index in [0.29, 0.717) is 17.8 Å². The molecule has 0 nitrogen and oxygen atoms in total. The van der Waals surface area contributed by atoms with Crippen molar-refractivity contribution in [3.05, 3.63) is 82.4 Å². The second kappa shape index (κ2) is 11.6. The van der Waals surface area contributed by atoms with Gasteiger partial charge in [0.25, 0.3) is 0 Å². The molecule has 2 aromatic carbocycles. The predicted molar refractivity (Wildman–Crippen MR) is 140 cm³/mol. The van der Waals surface area contributed by atoms with Gasteiger partial charge in [0.1, 0.15) is 0 Å². The van der Waals surface area contributed by atoms with E-state index in [0.717, 1.165) is 24.3 Å². The van der Waals surface area contributed by atoms with Crippen LogP contribution in [-0.2, 0) is 6.42 Å². The van der Waals surface area contributed by atoms with Crippen molar-refractivity contribution in [3.8, 4) is 12.3 Å². The molecule has 2 aromatic rings. The Labute approximate surface area is 197 Å². The van der Waals surface area contributed by atoms with E-state index in [-0.39, 0.29) is 0 Å². The second-order valence-electron chi connectivity index (χ2n) is 10.7. The Morgan fingerprint density at radius 3 is 2.31 bits per heavy atom. The van der Waals surface area contributed by atoms with Gasteiger partial charge in [-0.1, -0.05) is 81.9 Å². The molecule has 1 saturated carbocycles. The molecule has 3 rings (SSSR count). The van der Waals surface area contributed by atoms with Crippen LogP contribution in [0.3, 0.4) is 0 Å². The Hall–Kier alpha value is -2.26. The highest BCUT2D eigenvalue weighted by Gasteiger charge is 2.28. The molecule has 0 bridgehead atoms. The number of benzene rings is 2. The van der Waals surface area contributed by atoms with Gasteiger partial charge >= 0.3 is 0 Å². The summed E-state index contributed by atoms with van der Waals surface area (Å²) in [7, 11) is 0. The number of allylic oxidation sites excluding steroid dienone is 1. The summed E-state index contributed by atoms with van der Waals surface area (Å²) >= 11 is 0. The van der Waals surface area contributed by atoms with E-state index in [1.54, 1.807) is 5.56 Å². The first-order valence-corrected chi connectivity index (χ1v) is 12.7. The number of rotatable bonds is 9. The monoisotopic (exact) mass is 426 g/mol. The smallest absolute Gasteiger partial charge is 0.0242 e. The van der Waals surface area contributed by atoms with Crippen molar-refractivity contribution in [2.75, 3.05) is 0 Å². The fourth-order valence-electron chi connectivity index (χ4n) is 5.64. The molecule has 2 unspecified atom stereocenters. The molecule has 0 saturated heterocycles. The van der Waals surface area contributed by atoms with Gasteiger partial charge in [0.2, 0.25) is 0 Å². The first-order chi connectivity index (χ1) is 15.4. The normalized spacial score (nSPS) is 16.5. The average Bonchev–Trinajstić information content (AvgIpc) is 2.78. The van der Waals surface area contributed by atoms with Gasteiger partial charge in [0.15, 0.2) is 0 Å². The van der Waals surface area contributed by atoms with Crippen LogP contribution in [0.5, 0.6) is 0 Å². The minimum absolute atomic E-state index is 0.502. The standard InChI is InChI=1S/C32H42/c1-7-26-13-15-27(16-14-26)21-30-22-29(25(6)19-23(2)3)17-18-31(30)32(20-24(4)5)28-11-9-8-10-12-28/h1,13-18,22,24-25,28,32H,2,8-12,19-21H2,3-6H3. The highest BCUT2D eigenvalue weighted by molar-refractivity contribution is 5.42. The van der Waals surface area contributed by atoms with Crippen LogP contribution in [0.4, 0.5) is 0 Å². The summed E-state index contributed by atoms with van der Waals surface area (Å²) in [6.45, 7) is 13.4. The quantitative estimate of drug-likeness (QED) is 0.277. The van der Waals surface area contributed by atoms with E-state index in [2.05, 4.69) is 82.7 Å². The molecule has 1 fully saturated rings. The van der Waals surface area contributed by atoms with Crippen LogP contribution in [0, 0.1) is 24.2 Å². The average molecular weight is 427 g/mol. The molecule has 2 atom stereocenters. The summed E-state index contributed by atoms with van der Waals surface area (Å²) < 4.78 is 0.